The summed E-state index contributed by atoms with van der Waals surface area (Å²) < 4.78 is 32.8. The Hall–Kier alpha value is -2.62. The molecule has 0 aliphatic rings. The van der Waals surface area contributed by atoms with E-state index in [1.54, 1.807) is 20.8 Å². The van der Waals surface area contributed by atoms with Gasteiger partial charge in [0.25, 0.3) is 5.56 Å². The third kappa shape index (κ3) is 9.19. The van der Waals surface area contributed by atoms with Crippen molar-refractivity contribution in [2.24, 2.45) is 5.41 Å². The number of fused-ring (bicyclic) bond motifs is 1. The Morgan fingerprint density at radius 2 is 1.93 bits per heavy atom. The quantitative estimate of drug-likeness (QED) is 0.115. The molecule has 0 spiro atoms. The number of hydrogen-bond acceptors (Lipinski definition) is 12. The maximum atomic E-state index is 13.8. The van der Waals surface area contributed by atoms with Crippen LogP contribution in [0, 0.1) is 5.41 Å². The predicted octanol–water partition coefficient (Wildman–Crippen LogP) is 2.59. The van der Waals surface area contributed by atoms with Gasteiger partial charge in [-0.1, -0.05) is 42.1 Å². The van der Waals surface area contributed by atoms with Crippen LogP contribution in [0.25, 0.3) is 11.2 Å². The second kappa shape index (κ2) is 14.2. The third-order valence-corrected chi connectivity index (χ3v) is 8.98. The summed E-state index contributed by atoms with van der Waals surface area (Å²) in [7, 11) is -3.98. The highest BCUT2D eigenvalue weighted by atomic mass is 32.2. The van der Waals surface area contributed by atoms with E-state index in [2.05, 4.69) is 20.0 Å². The number of H-pyrrole nitrogens is 1. The number of nitrogens with two attached hydrogens (primary N) is 1. The number of anilines is 1. The lowest BCUT2D eigenvalue weighted by Crippen LogP contribution is -2.43. The largest absolute Gasteiger partial charge is 0.405 e. The molecule has 1 unspecified atom stereocenters. The summed E-state index contributed by atoms with van der Waals surface area (Å²) in [5.74, 6) is 0.0832. The molecule has 0 radical (unpaired) electrons. The first-order chi connectivity index (χ1) is 19.6. The van der Waals surface area contributed by atoms with Gasteiger partial charge in [-0.15, -0.1) is 0 Å². The summed E-state index contributed by atoms with van der Waals surface area (Å²) >= 11 is 0.960. The van der Waals surface area contributed by atoms with Crippen molar-refractivity contribution in [2.75, 3.05) is 31.3 Å². The number of aromatic amines is 1. The van der Waals surface area contributed by atoms with Crippen LogP contribution in [-0.2, 0) is 29.7 Å². The molecule has 1 aromatic carbocycles. The number of thioether (sulfide) groups is 1. The molecule has 42 heavy (non-hydrogen) atoms. The van der Waals surface area contributed by atoms with Gasteiger partial charge in [0.05, 0.1) is 37.2 Å². The number of carbonyl (C=O) groups excluding carboxylic acids is 1. The van der Waals surface area contributed by atoms with E-state index in [9.17, 15) is 24.4 Å². The summed E-state index contributed by atoms with van der Waals surface area (Å²) in [5.41, 5.74) is 3.89. The smallest absolute Gasteiger partial charge is 0.395 e. The van der Waals surface area contributed by atoms with Gasteiger partial charge in [-0.2, -0.15) is 4.98 Å². The first kappa shape index (κ1) is 33.9. The lowest BCUT2D eigenvalue weighted by atomic mass is 9.97. The molecule has 0 aliphatic heterocycles. The minimum absolute atomic E-state index is 0.0671. The van der Waals surface area contributed by atoms with Crippen molar-refractivity contribution < 1.29 is 33.4 Å². The predicted molar refractivity (Wildman–Crippen MR) is 160 cm³/mol. The van der Waals surface area contributed by atoms with Crippen LogP contribution in [0.1, 0.15) is 46.4 Å². The monoisotopic (exact) mass is 626 g/mol. The normalized spacial score (nSPS) is 15.4. The Labute approximate surface area is 248 Å². The topological polar surface area (TPSA) is 204 Å². The Bertz CT molecular complexity index is 1440. The van der Waals surface area contributed by atoms with Gasteiger partial charge in [-0.05, 0) is 40.2 Å². The average Bonchev–Trinajstić information content (AvgIpc) is 3.36. The van der Waals surface area contributed by atoms with E-state index in [-0.39, 0.29) is 54.3 Å². The Morgan fingerprint density at radius 1 is 1.24 bits per heavy atom. The van der Waals surface area contributed by atoms with Crippen LogP contribution in [0.4, 0.5) is 5.95 Å². The summed E-state index contributed by atoms with van der Waals surface area (Å²) in [6.07, 6.45) is -0.453. The maximum Gasteiger partial charge on any atom is 0.405 e. The van der Waals surface area contributed by atoms with Crippen molar-refractivity contribution >= 4 is 41.7 Å². The molecule has 0 saturated heterocycles. The number of ether oxygens (including phenoxy) is 1. The molecule has 2 heterocycles. The van der Waals surface area contributed by atoms with Crippen LogP contribution in [-0.4, -0.2) is 72.1 Å². The summed E-state index contributed by atoms with van der Waals surface area (Å²) in [4.78, 5) is 35.1. The molecule has 0 saturated carbocycles. The molecule has 16 heteroatoms. The maximum absolute atomic E-state index is 13.8. The molecular formula is C26H39N6O8PS. The van der Waals surface area contributed by atoms with Crippen molar-refractivity contribution in [1.82, 2.24) is 24.6 Å². The van der Waals surface area contributed by atoms with Gasteiger partial charge in [-0.3, -0.25) is 28.2 Å². The minimum atomic E-state index is -3.98. The SMILES string of the molecule is C[C@@H](O[C@H](COP(=O)(NCc1ccccc1)OCCSC(=O)C(C)(C)CO)C(C)(C)O)n1cnc2c(=O)[nH]c(N)nc21. The summed E-state index contributed by atoms with van der Waals surface area (Å²) in [5, 5.41) is 22.9. The molecule has 14 nitrogen and oxygen atoms in total. The first-order valence-electron chi connectivity index (χ1n) is 13.2. The molecule has 3 aromatic rings. The number of aliphatic hydroxyl groups is 2. The molecule has 232 valence electrons. The fraction of sp³-hybridized carbons (Fsp3) is 0.538. The number of hydrogen-bond donors (Lipinski definition) is 5. The molecule has 2 aromatic heterocycles. The Balaban J connectivity index is 1.73. The molecule has 0 fully saturated rings. The molecule has 0 bridgehead atoms. The number of nitrogens with zero attached hydrogens (tertiary/aromatic N) is 3. The van der Waals surface area contributed by atoms with E-state index < -0.39 is 36.7 Å². The van der Waals surface area contributed by atoms with Crippen molar-refractivity contribution in [3.63, 3.8) is 0 Å². The minimum Gasteiger partial charge on any atom is -0.395 e. The fourth-order valence-corrected chi connectivity index (χ4v) is 5.78. The summed E-state index contributed by atoms with van der Waals surface area (Å²) in [6, 6.07) is 9.21. The molecule has 3 rings (SSSR count). The van der Waals surface area contributed by atoms with Gasteiger partial charge in [0.2, 0.25) is 5.95 Å². The number of nitrogen functional groups attached to an aromatic ring is 1. The highest BCUT2D eigenvalue weighted by molar-refractivity contribution is 8.13. The second-order valence-corrected chi connectivity index (χ2v) is 13.7. The average molecular weight is 627 g/mol. The lowest BCUT2D eigenvalue weighted by Gasteiger charge is -2.33. The van der Waals surface area contributed by atoms with Crippen molar-refractivity contribution in [1.29, 1.82) is 0 Å². The van der Waals surface area contributed by atoms with Gasteiger partial charge in [-0.25, -0.2) is 14.6 Å². The molecule has 6 N–H and O–H groups in total. The zero-order valence-corrected chi connectivity index (χ0v) is 26.0. The van der Waals surface area contributed by atoms with Gasteiger partial charge in [0, 0.05) is 12.3 Å². The van der Waals surface area contributed by atoms with E-state index >= 15 is 0 Å². The van der Waals surface area contributed by atoms with Crippen LogP contribution < -0.4 is 16.4 Å². The van der Waals surface area contributed by atoms with E-state index in [1.165, 1.54) is 24.7 Å². The number of rotatable bonds is 16. The van der Waals surface area contributed by atoms with E-state index in [0.717, 1.165) is 17.3 Å². The van der Waals surface area contributed by atoms with Gasteiger partial charge in [0.1, 0.15) is 12.3 Å². The Kier molecular flexibility index (Phi) is 11.5. The van der Waals surface area contributed by atoms with E-state index in [0.29, 0.717) is 0 Å². The number of carbonyl (C=O) groups is 1. The standard InChI is InChI=1S/C26H39N6O8PS/c1-17(32-16-28-20-21(32)30-24(27)31-22(20)34)40-19(26(4,5)36)14-39-41(37,29-13-18-9-7-6-8-10-18)38-11-12-42-23(35)25(2,3)15-33/h6-10,16-17,19,33,36H,11-15H2,1-5H3,(H,29,37)(H3,27,30,31,34)/t17-,19-,41?/m1/s1. The van der Waals surface area contributed by atoms with Gasteiger partial charge >= 0.3 is 7.75 Å². The van der Waals surface area contributed by atoms with Crippen LogP contribution in [0.15, 0.2) is 41.5 Å². The summed E-state index contributed by atoms with van der Waals surface area (Å²) in [6.45, 7) is 7.36. The Morgan fingerprint density at radius 3 is 2.57 bits per heavy atom. The zero-order valence-electron chi connectivity index (χ0n) is 24.3. The third-order valence-electron chi connectivity index (χ3n) is 6.23. The number of benzene rings is 1. The van der Waals surface area contributed by atoms with Crippen molar-refractivity contribution in [3.05, 3.63) is 52.6 Å². The van der Waals surface area contributed by atoms with Crippen LogP contribution >= 0.6 is 19.5 Å². The molecular weight excluding hydrogens is 587 g/mol. The second-order valence-electron chi connectivity index (χ2n) is 10.8. The van der Waals surface area contributed by atoms with Crippen LogP contribution in [0.3, 0.4) is 0 Å². The van der Waals surface area contributed by atoms with Crippen LogP contribution in [0.2, 0.25) is 0 Å². The molecule has 3 atom stereocenters. The molecule has 0 amide bonds. The fourth-order valence-electron chi connectivity index (χ4n) is 3.55. The van der Waals surface area contributed by atoms with E-state index in [4.69, 9.17) is 19.5 Å². The molecule has 0 aliphatic carbocycles. The van der Waals surface area contributed by atoms with Crippen molar-refractivity contribution in [2.45, 2.75) is 59.1 Å². The highest BCUT2D eigenvalue weighted by Crippen LogP contribution is 2.45. The first-order valence-corrected chi connectivity index (χ1v) is 15.7. The van der Waals surface area contributed by atoms with E-state index in [1.807, 2.05) is 30.3 Å². The lowest BCUT2D eigenvalue weighted by molar-refractivity contribution is -0.147. The van der Waals surface area contributed by atoms with Crippen molar-refractivity contribution in [3.8, 4) is 0 Å². The highest BCUT2D eigenvalue weighted by Gasteiger charge is 2.35. The zero-order chi connectivity index (χ0) is 31.1. The van der Waals surface area contributed by atoms with Gasteiger partial charge < -0.3 is 20.7 Å². The number of nitrogens with one attached hydrogen (secondary N) is 2. The number of aromatic nitrogens is 4. The number of imidazole rings is 1. The van der Waals surface area contributed by atoms with Gasteiger partial charge in [0.15, 0.2) is 16.3 Å². The number of aliphatic hydroxyl groups excluding tert-OH is 1. The van der Waals surface area contributed by atoms with Crippen LogP contribution in [0.5, 0.6) is 0 Å².